The highest BCUT2D eigenvalue weighted by Gasteiger charge is 2.49. The lowest BCUT2D eigenvalue weighted by Gasteiger charge is -2.37. The number of alkyl halides is 3. The average Bonchev–Trinajstić information content (AvgIpc) is 2.92. The maximum absolute atomic E-state index is 13.3. The van der Waals surface area contributed by atoms with Crippen LogP contribution in [-0.2, 0) is 38.3 Å². The number of hydrogen-bond acceptors (Lipinski definition) is 9. The molecule has 3 aromatic rings. The van der Waals surface area contributed by atoms with E-state index in [1.165, 1.54) is 37.4 Å². The van der Waals surface area contributed by atoms with Gasteiger partial charge in [-0.15, -0.1) is 0 Å². The van der Waals surface area contributed by atoms with Crippen LogP contribution in [0.25, 0.3) is 0 Å². The summed E-state index contributed by atoms with van der Waals surface area (Å²) < 4.78 is 74.5. The molecule has 10 nitrogen and oxygen atoms in total. The Morgan fingerprint density at radius 1 is 1.05 bits per heavy atom. The van der Waals surface area contributed by atoms with Gasteiger partial charge in [0.2, 0.25) is 0 Å². The van der Waals surface area contributed by atoms with Gasteiger partial charge in [-0.3, -0.25) is 9.59 Å². The molecule has 1 aliphatic heterocycles. The monoisotopic (exact) mass is 609 g/mol. The fraction of sp³-hybridized carbons (Fsp3) is 0.286. The van der Waals surface area contributed by atoms with Crippen molar-refractivity contribution in [2.45, 2.75) is 37.7 Å². The SMILES string of the molecule is COOCCc1c(O)ccc2c1Oc1c(ccc(OS(=O)(=O)C(F)(F)F)c1CNC(=O)c1ccccc1C=O)C2(C)C. The first-order valence-electron chi connectivity index (χ1n) is 12.4. The van der Waals surface area contributed by atoms with Gasteiger partial charge in [-0.1, -0.05) is 44.2 Å². The van der Waals surface area contributed by atoms with Crippen molar-refractivity contribution in [3.8, 4) is 23.0 Å². The third kappa shape index (κ3) is 5.78. The summed E-state index contributed by atoms with van der Waals surface area (Å²) in [5, 5.41) is 13.1. The Bertz CT molecular complexity index is 1640. The van der Waals surface area contributed by atoms with Crippen LogP contribution in [-0.4, -0.2) is 44.9 Å². The van der Waals surface area contributed by atoms with Crippen LogP contribution < -0.4 is 14.2 Å². The number of hydrogen-bond donors (Lipinski definition) is 2. The maximum Gasteiger partial charge on any atom is 0.534 e. The minimum Gasteiger partial charge on any atom is -0.508 e. The van der Waals surface area contributed by atoms with Crippen molar-refractivity contribution < 1.29 is 55.0 Å². The summed E-state index contributed by atoms with van der Waals surface area (Å²) in [5.41, 5.74) is -5.44. The number of phenols is 1. The van der Waals surface area contributed by atoms with Gasteiger partial charge >= 0.3 is 15.6 Å². The number of ether oxygens (including phenoxy) is 1. The summed E-state index contributed by atoms with van der Waals surface area (Å²) in [4.78, 5) is 33.9. The number of benzene rings is 3. The second-order valence-corrected chi connectivity index (χ2v) is 11.2. The summed E-state index contributed by atoms with van der Waals surface area (Å²) in [5.74, 6) is -1.56. The molecule has 0 atom stereocenters. The van der Waals surface area contributed by atoms with Crippen LogP contribution in [0.4, 0.5) is 13.2 Å². The van der Waals surface area contributed by atoms with Crippen LogP contribution in [0, 0.1) is 0 Å². The van der Waals surface area contributed by atoms with E-state index in [0.717, 1.165) is 6.07 Å². The number of carbonyl (C=O) groups excluding carboxylic acids is 2. The molecule has 4 rings (SSSR count). The predicted octanol–water partition coefficient (Wildman–Crippen LogP) is 4.92. The number of nitrogens with one attached hydrogen (secondary N) is 1. The van der Waals surface area contributed by atoms with Crippen molar-refractivity contribution in [2.24, 2.45) is 0 Å². The van der Waals surface area contributed by atoms with Crippen molar-refractivity contribution in [2.75, 3.05) is 13.7 Å². The van der Waals surface area contributed by atoms with Gasteiger partial charge in [0.05, 0.1) is 25.8 Å². The van der Waals surface area contributed by atoms with E-state index in [0.29, 0.717) is 23.0 Å². The molecule has 0 saturated heterocycles. The molecule has 14 heteroatoms. The summed E-state index contributed by atoms with van der Waals surface area (Å²) in [7, 11) is -4.80. The number of carbonyl (C=O) groups is 2. The smallest absolute Gasteiger partial charge is 0.508 e. The molecular formula is C28H26F3NO9S. The summed E-state index contributed by atoms with van der Waals surface area (Å²) >= 11 is 0. The molecule has 0 saturated carbocycles. The molecule has 2 N–H and O–H groups in total. The standard InChI is InChI=1S/C28H26F3NO9S/c1-27(2)20-8-10-22(34)18(12-13-39-38-3)24(20)40-25-19(14-32-26(35)17-7-5-4-6-16(17)15-33)23(11-9-21(25)27)41-42(36,37)28(29,30)31/h4-11,15,34H,12-14H2,1-3H3,(H,32,35). The third-order valence-electron chi connectivity index (χ3n) is 6.80. The normalized spacial score (nSPS) is 13.9. The largest absolute Gasteiger partial charge is 0.534 e. The molecule has 0 spiro atoms. The van der Waals surface area contributed by atoms with E-state index in [-0.39, 0.29) is 47.0 Å². The minimum atomic E-state index is -6.11. The lowest BCUT2D eigenvalue weighted by molar-refractivity contribution is -0.271. The Morgan fingerprint density at radius 3 is 2.33 bits per heavy atom. The highest BCUT2D eigenvalue weighted by Crippen LogP contribution is 2.53. The molecular weight excluding hydrogens is 583 g/mol. The van der Waals surface area contributed by atoms with Crippen molar-refractivity contribution in [3.05, 3.63) is 81.9 Å². The lowest BCUT2D eigenvalue weighted by Crippen LogP contribution is -2.31. The molecule has 42 heavy (non-hydrogen) atoms. The van der Waals surface area contributed by atoms with Crippen LogP contribution in [0.5, 0.6) is 23.0 Å². The second kappa shape index (κ2) is 11.6. The molecule has 1 heterocycles. The maximum atomic E-state index is 13.3. The fourth-order valence-electron chi connectivity index (χ4n) is 4.64. The van der Waals surface area contributed by atoms with Crippen LogP contribution in [0.15, 0.2) is 48.5 Å². The van der Waals surface area contributed by atoms with Gasteiger partial charge in [-0.05, 0) is 18.2 Å². The quantitative estimate of drug-likeness (QED) is 0.0820. The first-order chi connectivity index (χ1) is 19.7. The molecule has 0 fully saturated rings. The number of rotatable bonds is 10. The first kappa shape index (κ1) is 30.8. The van der Waals surface area contributed by atoms with Crippen LogP contribution in [0.1, 0.15) is 56.8 Å². The third-order valence-corrected chi connectivity index (χ3v) is 7.76. The zero-order chi connectivity index (χ0) is 30.9. The fourth-order valence-corrected chi connectivity index (χ4v) is 5.13. The van der Waals surface area contributed by atoms with Gasteiger partial charge in [0.15, 0.2) is 12.0 Å². The summed E-state index contributed by atoms with van der Waals surface area (Å²) in [6, 6.07) is 11.3. The van der Waals surface area contributed by atoms with E-state index in [4.69, 9.17) is 9.62 Å². The van der Waals surface area contributed by atoms with E-state index in [2.05, 4.69) is 14.4 Å². The Hall–Kier alpha value is -4.14. The number of phenolic OH excluding ortho intramolecular Hbond substituents is 1. The molecule has 0 bridgehead atoms. The Morgan fingerprint density at radius 2 is 1.69 bits per heavy atom. The summed E-state index contributed by atoms with van der Waals surface area (Å²) in [6.45, 7) is 3.07. The van der Waals surface area contributed by atoms with Crippen molar-refractivity contribution >= 4 is 22.3 Å². The van der Waals surface area contributed by atoms with Crippen LogP contribution in [0.3, 0.4) is 0 Å². The van der Waals surface area contributed by atoms with Crippen LogP contribution in [0.2, 0.25) is 0 Å². The minimum absolute atomic E-state index is 0.0142. The number of halogens is 3. The lowest BCUT2D eigenvalue weighted by atomic mass is 9.74. The van der Waals surface area contributed by atoms with Crippen molar-refractivity contribution in [3.63, 3.8) is 0 Å². The first-order valence-corrected chi connectivity index (χ1v) is 13.8. The second-order valence-electron chi connectivity index (χ2n) is 9.70. The van der Waals surface area contributed by atoms with Gasteiger partial charge in [-0.2, -0.15) is 21.6 Å². The van der Waals surface area contributed by atoms with Gasteiger partial charge in [0, 0.05) is 39.7 Å². The molecule has 224 valence electrons. The predicted molar refractivity (Wildman–Crippen MR) is 142 cm³/mol. The van der Waals surface area contributed by atoms with E-state index < -0.39 is 39.2 Å². The van der Waals surface area contributed by atoms with Gasteiger partial charge in [0.25, 0.3) is 5.91 Å². The molecule has 1 aliphatic rings. The number of aromatic hydroxyl groups is 1. The van der Waals surface area contributed by atoms with E-state index in [9.17, 15) is 36.3 Å². The number of aldehydes is 1. The Kier molecular flexibility index (Phi) is 8.53. The summed E-state index contributed by atoms with van der Waals surface area (Å²) in [6.07, 6.45) is 0.578. The van der Waals surface area contributed by atoms with Crippen molar-refractivity contribution in [1.29, 1.82) is 0 Å². The molecule has 3 aromatic carbocycles. The Balaban J connectivity index is 1.85. The van der Waals surface area contributed by atoms with Crippen molar-refractivity contribution in [1.82, 2.24) is 5.32 Å². The molecule has 0 radical (unpaired) electrons. The van der Waals surface area contributed by atoms with E-state index in [1.54, 1.807) is 26.0 Å². The average molecular weight is 610 g/mol. The molecule has 0 aromatic heterocycles. The number of amides is 1. The highest BCUT2D eigenvalue weighted by atomic mass is 32.2. The van der Waals surface area contributed by atoms with Gasteiger partial charge < -0.3 is 19.3 Å². The zero-order valence-electron chi connectivity index (χ0n) is 22.6. The highest BCUT2D eigenvalue weighted by molar-refractivity contribution is 7.88. The zero-order valence-corrected chi connectivity index (χ0v) is 23.4. The Labute approximate surface area is 239 Å². The van der Waals surface area contributed by atoms with Gasteiger partial charge in [-0.25, -0.2) is 9.78 Å². The number of fused-ring (bicyclic) bond motifs is 2. The topological polar surface area (TPSA) is 137 Å². The van der Waals surface area contributed by atoms with E-state index >= 15 is 0 Å². The van der Waals surface area contributed by atoms with E-state index in [1.807, 2.05) is 0 Å². The van der Waals surface area contributed by atoms with Gasteiger partial charge in [0.1, 0.15) is 17.2 Å². The van der Waals surface area contributed by atoms with Crippen LogP contribution >= 0.6 is 0 Å². The molecule has 1 amide bonds. The molecule has 0 aliphatic carbocycles. The molecule has 0 unspecified atom stereocenters.